The van der Waals surface area contributed by atoms with Crippen LogP contribution in [-0.4, -0.2) is 30.0 Å². The number of nitrogens with zero attached hydrogens (tertiary/aromatic N) is 1. The molecule has 1 amide bonds. The van der Waals surface area contributed by atoms with Crippen LogP contribution in [0.25, 0.3) is 0 Å². The molecule has 1 saturated heterocycles. The van der Waals surface area contributed by atoms with Crippen molar-refractivity contribution >= 4 is 5.91 Å². The lowest BCUT2D eigenvalue weighted by Crippen LogP contribution is -2.40. The number of carbonyl (C=O) groups excluding carboxylic acids is 1. The number of hydrogen-bond acceptors (Lipinski definition) is 3. The van der Waals surface area contributed by atoms with Gasteiger partial charge in [0.05, 0.1) is 11.1 Å². The van der Waals surface area contributed by atoms with Crippen molar-refractivity contribution in [3.8, 4) is 0 Å². The van der Waals surface area contributed by atoms with Gasteiger partial charge in [-0.3, -0.25) is 4.79 Å². The highest BCUT2D eigenvalue weighted by Crippen LogP contribution is 2.46. The summed E-state index contributed by atoms with van der Waals surface area (Å²) in [4.78, 5) is 14.7. The summed E-state index contributed by atoms with van der Waals surface area (Å²) in [5, 5.41) is 0. The van der Waals surface area contributed by atoms with Gasteiger partial charge in [-0.2, -0.15) is 0 Å². The lowest BCUT2D eigenvalue weighted by atomic mass is 9.71. The second-order valence-electron chi connectivity index (χ2n) is 6.11. The van der Waals surface area contributed by atoms with Gasteiger partial charge in [-0.25, -0.2) is 0 Å². The van der Waals surface area contributed by atoms with Crippen LogP contribution in [0.2, 0.25) is 0 Å². The Labute approximate surface area is 114 Å². The maximum absolute atomic E-state index is 12.8. The number of likely N-dealkylation sites (tertiary alicyclic amines) is 1. The largest absolute Gasteiger partial charge is 0.488 e. The SMILES string of the molecule is C=C1OCC(N2CCC3(CCC(N)CC3)C2=O)=C1C. The number of nitrogens with two attached hydrogens (primary N) is 1. The first-order valence-corrected chi connectivity index (χ1v) is 7.13. The van der Waals surface area contributed by atoms with Crippen LogP contribution in [0, 0.1) is 5.41 Å². The molecule has 0 radical (unpaired) electrons. The Morgan fingerprint density at radius 1 is 1.37 bits per heavy atom. The van der Waals surface area contributed by atoms with Crippen molar-refractivity contribution in [1.29, 1.82) is 0 Å². The van der Waals surface area contributed by atoms with Gasteiger partial charge in [-0.05, 0) is 39.0 Å². The zero-order chi connectivity index (χ0) is 13.6. The zero-order valence-corrected chi connectivity index (χ0v) is 11.6. The molecule has 3 aliphatic rings. The van der Waals surface area contributed by atoms with E-state index in [4.69, 9.17) is 10.5 Å². The van der Waals surface area contributed by atoms with Crippen molar-refractivity contribution in [2.24, 2.45) is 11.1 Å². The van der Waals surface area contributed by atoms with Crippen LogP contribution >= 0.6 is 0 Å². The number of carbonyl (C=O) groups is 1. The van der Waals surface area contributed by atoms with E-state index in [1.165, 1.54) is 0 Å². The Kier molecular flexibility index (Phi) is 2.93. The number of ether oxygens (including phenoxy) is 1. The van der Waals surface area contributed by atoms with Gasteiger partial charge in [0.1, 0.15) is 12.4 Å². The van der Waals surface area contributed by atoms with E-state index in [1.54, 1.807) is 0 Å². The molecular weight excluding hydrogens is 240 g/mol. The Morgan fingerprint density at radius 3 is 2.63 bits per heavy atom. The van der Waals surface area contributed by atoms with E-state index in [0.717, 1.165) is 49.9 Å². The quantitative estimate of drug-likeness (QED) is 0.785. The molecule has 0 atom stereocenters. The molecule has 0 aromatic carbocycles. The molecule has 19 heavy (non-hydrogen) atoms. The molecule has 3 rings (SSSR count). The number of amides is 1. The summed E-state index contributed by atoms with van der Waals surface area (Å²) in [5.41, 5.74) is 7.86. The molecule has 2 heterocycles. The maximum Gasteiger partial charge on any atom is 0.233 e. The van der Waals surface area contributed by atoms with Gasteiger partial charge in [0, 0.05) is 18.2 Å². The van der Waals surface area contributed by atoms with Gasteiger partial charge < -0.3 is 15.4 Å². The molecule has 2 N–H and O–H groups in total. The van der Waals surface area contributed by atoms with Crippen molar-refractivity contribution in [3.63, 3.8) is 0 Å². The van der Waals surface area contributed by atoms with E-state index in [-0.39, 0.29) is 17.4 Å². The predicted molar refractivity (Wildman–Crippen MR) is 73.0 cm³/mol. The Morgan fingerprint density at radius 2 is 2.05 bits per heavy atom. The molecule has 4 heteroatoms. The first-order valence-electron chi connectivity index (χ1n) is 7.13. The first kappa shape index (κ1) is 12.7. The maximum atomic E-state index is 12.8. The standard InChI is InChI=1S/C15H22N2O2/c1-10-11(2)19-9-13(10)17-8-7-15(14(17)18)5-3-12(16)4-6-15/h12H,2-9,16H2,1H3. The van der Waals surface area contributed by atoms with Gasteiger partial charge in [-0.1, -0.05) is 6.58 Å². The van der Waals surface area contributed by atoms with E-state index in [9.17, 15) is 4.79 Å². The molecular formula is C15H22N2O2. The molecule has 0 aromatic rings. The fraction of sp³-hybridized carbons (Fsp3) is 0.667. The number of hydrogen-bond donors (Lipinski definition) is 1. The highest BCUT2D eigenvalue weighted by Gasteiger charge is 2.49. The van der Waals surface area contributed by atoms with E-state index >= 15 is 0 Å². The van der Waals surface area contributed by atoms with Crippen LogP contribution in [0.4, 0.5) is 0 Å². The van der Waals surface area contributed by atoms with Gasteiger partial charge in [-0.15, -0.1) is 0 Å². The van der Waals surface area contributed by atoms with Crippen molar-refractivity contribution < 1.29 is 9.53 Å². The highest BCUT2D eigenvalue weighted by molar-refractivity contribution is 5.87. The second kappa shape index (κ2) is 4.37. The van der Waals surface area contributed by atoms with Crippen LogP contribution in [0.3, 0.4) is 0 Å². The topological polar surface area (TPSA) is 55.6 Å². The minimum atomic E-state index is -0.146. The Hall–Kier alpha value is -1.29. The molecule has 0 bridgehead atoms. The summed E-state index contributed by atoms with van der Waals surface area (Å²) < 4.78 is 5.45. The van der Waals surface area contributed by atoms with Crippen molar-refractivity contribution in [2.75, 3.05) is 13.2 Å². The van der Waals surface area contributed by atoms with Crippen molar-refractivity contribution in [3.05, 3.63) is 23.6 Å². The normalized spacial score (nSPS) is 35.5. The monoisotopic (exact) mass is 262 g/mol. The summed E-state index contributed by atoms with van der Waals surface area (Å²) >= 11 is 0. The molecule has 1 aliphatic carbocycles. The minimum Gasteiger partial charge on any atom is -0.488 e. The van der Waals surface area contributed by atoms with Crippen LogP contribution in [0.1, 0.15) is 39.0 Å². The number of allylic oxidation sites excluding steroid dienone is 1. The zero-order valence-electron chi connectivity index (χ0n) is 11.6. The van der Waals surface area contributed by atoms with Crippen LogP contribution in [0.15, 0.2) is 23.6 Å². The third-order valence-corrected chi connectivity index (χ3v) is 5.06. The van der Waals surface area contributed by atoms with E-state index < -0.39 is 0 Å². The third-order valence-electron chi connectivity index (χ3n) is 5.06. The van der Waals surface area contributed by atoms with E-state index in [2.05, 4.69) is 6.58 Å². The highest BCUT2D eigenvalue weighted by atomic mass is 16.5. The predicted octanol–water partition coefficient (Wildman–Crippen LogP) is 1.92. The van der Waals surface area contributed by atoms with E-state index in [1.807, 2.05) is 11.8 Å². The second-order valence-corrected chi connectivity index (χ2v) is 6.11. The third kappa shape index (κ3) is 1.89. The minimum absolute atomic E-state index is 0.146. The van der Waals surface area contributed by atoms with Gasteiger partial charge >= 0.3 is 0 Å². The summed E-state index contributed by atoms with van der Waals surface area (Å²) in [6.07, 6.45) is 4.79. The molecule has 0 aromatic heterocycles. The smallest absolute Gasteiger partial charge is 0.233 e. The molecule has 2 fully saturated rings. The Balaban J connectivity index is 1.81. The number of rotatable bonds is 1. The average Bonchev–Trinajstić information content (AvgIpc) is 2.88. The van der Waals surface area contributed by atoms with Crippen molar-refractivity contribution in [2.45, 2.75) is 45.1 Å². The molecule has 4 nitrogen and oxygen atoms in total. The molecule has 0 unspecified atom stereocenters. The van der Waals surface area contributed by atoms with Crippen LogP contribution < -0.4 is 5.73 Å². The van der Waals surface area contributed by atoms with Gasteiger partial charge in [0.15, 0.2) is 0 Å². The van der Waals surface area contributed by atoms with Crippen LogP contribution in [-0.2, 0) is 9.53 Å². The molecule has 104 valence electrons. The molecule has 1 saturated carbocycles. The fourth-order valence-corrected chi connectivity index (χ4v) is 3.55. The van der Waals surface area contributed by atoms with E-state index in [0.29, 0.717) is 12.4 Å². The van der Waals surface area contributed by atoms with Crippen LogP contribution in [0.5, 0.6) is 0 Å². The fourth-order valence-electron chi connectivity index (χ4n) is 3.55. The van der Waals surface area contributed by atoms with Crippen molar-refractivity contribution in [1.82, 2.24) is 4.90 Å². The Bertz CT molecular complexity index is 459. The summed E-state index contributed by atoms with van der Waals surface area (Å²) in [6.45, 7) is 7.16. The summed E-state index contributed by atoms with van der Waals surface area (Å²) in [5.74, 6) is 0.987. The van der Waals surface area contributed by atoms with Gasteiger partial charge in [0.2, 0.25) is 5.91 Å². The summed E-state index contributed by atoms with van der Waals surface area (Å²) in [6, 6.07) is 0.281. The average molecular weight is 262 g/mol. The molecule has 2 aliphatic heterocycles. The summed E-state index contributed by atoms with van der Waals surface area (Å²) in [7, 11) is 0. The van der Waals surface area contributed by atoms with Gasteiger partial charge in [0.25, 0.3) is 0 Å². The molecule has 1 spiro atoms. The lowest BCUT2D eigenvalue weighted by Gasteiger charge is -2.34. The first-order chi connectivity index (χ1) is 9.03. The lowest BCUT2D eigenvalue weighted by molar-refractivity contribution is -0.136.